The van der Waals surface area contributed by atoms with Gasteiger partial charge >= 0.3 is 0 Å². The number of hydrogen-bond acceptors (Lipinski definition) is 5. The molecule has 1 unspecified atom stereocenters. The van der Waals surface area contributed by atoms with E-state index < -0.39 is 0 Å². The van der Waals surface area contributed by atoms with Crippen LogP contribution >= 0.6 is 0 Å². The van der Waals surface area contributed by atoms with E-state index in [1.165, 1.54) is 6.33 Å². The summed E-state index contributed by atoms with van der Waals surface area (Å²) in [7, 11) is 0. The lowest BCUT2D eigenvalue weighted by Crippen LogP contribution is -2.19. The summed E-state index contributed by atoms with van der Waals surface area (Å²) in [6.45, 7) is 1.54. The average Bonchev–Trinajstić information content (AvgIpc) is 3.08. The Labute approximate surface area is 128 Å². The highest BCUT2D eigenvalue weighted by Crippen LogP contribution is 2.14. The fourth-order valence-electron chi connectivity index (χ4n) is 2.32. The van der Waals surface area contributed by atoms with E-state index in [-0.39, 0.29) is 12.0 Å². The molecular formula is C16H18N4O2. The highest BCUT2D eigenvalue weighted by Gasteiger charge is 2.15. The molecule has 22 heavy (non-hydrogen) atoms. The number of carbonyl (C=O) groups is 1. The molecule has 1 aromatic carbocycles. The molecule has 3 rings (SSSR count). The van der Waals surface area contributed by atoms with Crippen molar-refractivity contribution >= 4 is 17.5 Å². The minimum absolute atomic E-state index is 0.190. The van der Waals surface area contributed by atoms with Crippen molar-refractivity contribution < 1.29 is 9.53 Å². The minimum atomic E-state index is -0.190. The first-order chi connectivity index (χ1) is 10.8. The van der Waals surface area contributed by atoms with Gasteiger partial charge in [-0.1, -0.05) is 18.2 Å². The molecule has 1 fully saturated rings. The fourth-order valence-corrected chi connectivity index (χ4v) is 2.32. The lowest BCUT2D eigenvalue weighted by atomic mass is 10.2. The Hall–Kier alpha value is -2.47. The molecule has 1 aliphatic heterocycles. The van der Waals surface area contributed by atoms with Gasteiger partial charge in [0.25, 0.3) is 5.91 Å². The predicted octanol–water partition coefficient (Wildman–Crippen LogP) is 2.32. The number of benzene rings is 1. The number of nitrogens with one attached hydrogen (secondary N) is 2. The topological polar surface area (TPSA) is 76.1 Å². The largest absolute Gasteiger partial charge is 0.376 e. The van der Waals surface area contributed by atoms with Crippen LogP contribution in [0.25, 0.3) is 0 Å². The van der Waals surface area contributed by atoms with Gasteiger partial charge in [0.2, 0.25) is 0 Å². The Morgan fingerprint density at radius 2 is 2.05 bits per heavy atom. The maximum absolute atomic E-state index is 12.1. The molecule has 2 N–H and O–H groups in total. The van der Waals surface area contributed by atoms with Gasteiger partial charge in [-0.05, 0) is 25.0 Å². The molecular weight excluding hydrogens is 280 g/mol. The first kappa shape index (κ1) is 14.5. The van der Waals surface area contributed by atoms with Crippen LogP contribution < -0.4 is 10.6 Å². The summed E-state index contributed by atoms with van der Waals surface area (Å²) in [5.41, 5.74) is 0.593. The predicted molar refractivity (Wildman–Crippen MR) is 83.9 cm³/mol. The van der Waals surface area contributed by atoms with Crippen molar-refractivity contribution in [1.29, 1.82) is 0 Å². The first-order valence-corrected chi connectivity index (χ1v) is 7.35. The van der Waals surface area contributed by atoms with Crippen LogP contribution in [0.5, 0.6) is 0 Å². The van der Waals surface area contributed by atoms with Crippen LogP contribution in [-0.4, -0.2) is 35.1 Å². The average molecular weight is 298 g/mol. The zero-order chi connectivity index (χ0) is 15.2. The summed E-state index contributed by atoms with van der Waals surface area (Å²) < 4.78 is 5.55. The van der Waals surface area contributed by atoms with Crippen molar-refractivity contribution in [2.24, 2.45) is 0 Å². The highest BCUT2D eigenvalue weighted by atomic mass is 16.5. The standard InChI is InChI=1S/C16H18N4O2/c21-16(12-5-2-1-3-6-12)20-15-9-14(18-11-19-15)17-10-13-7-4-8-22-13/h1-3,5-6,9,11,13H,4,7-8,10H2,(H2,17,18,19,20,21). The maximum atomic E-state index is 12.1. The second-order valence-electron chi connectivity index (χ2n) is 5.12. The van der Waals surface area contributed by atoms with Crippen molar-refractivity contribution in [3.8, 4) is 0 Å². The number of aromatic nitrogens is 2. The second kappa shape index (κ2) is 7.00. The molecule has 0 radical (unpaired) electrons. The summed E-state index contributed by atoms with van der Waals surface area (Å²) in [5, 5.41) is 5.98. The van der Waals surface area contributed by atoms with Crippen LogP contribution in [-0.2, 0) is 4.74 Å². The molecule has 0 aliphatic carbocycles. The fraction of sp³-hybridized carbons (Fsp3) is 0.312. The van der Waals surface area contributed by atoms with Gasteiger partial charge in [-0.25, -0.2) is 9.97 Å². The molecule has 2 aromatic rings. The Kier molecular flexibility index (Phi) is 4.60. The molecule has 114 valence electrons. The molecule has 1 atom stereocenters. The Morgan fingerprint density at radius 3 is 2.82 bits per heavy atom. The third-order valence-corrected chi connectivity index (χ3v) is 3.48. The van der Waals surface area contributed by atoms with E-state index in [2.05, 4.69) is 20.6 Å². The molecule has 0 spiro atoms. The first-order valence-electron chi connectivity index (χ1n) is 7.35. The van der Waals surface area contributed by atoms with E-state index >= 15 is 0 Å². The van der Waals surface area contributed by atoms with Gasteiger partial charge in [0.05, 0.1) is 6.10 Å². The van der Waals surface area contributed by atoms with Crippen molar-refractivity contribution in [1.82, 2.24) is 9.97 Å². The molecule has 1 aromatic heterocycles. The zero-order valence-electron chi connectivity index (χ0n) is 12.2. The SMILES string of the molecule is O=C(Nc1cc(NCC2CCCO2)ncn1)c1ccccc1. The molecule has 0 bridgehead atoms. The molecule has 0 saturated carbocycles. The van der Waals surface area contributed by atoms with Crippen molar-refractivity contribution in [3.05, 3.63) is 48.3 Å². The molecule has 6 heteroatoms. The van der Waals surface area contributed by atoms with E-state index in [1.807, 2.05) is 18.2 Å². The Bertz CT molecular complexity index is 627. The smallest absolute Gasteiger partial charge is 0.256 e. The van der Waals surface area contributed by atoms with Gasteiger partial charge in [-0.3, -0.25) is 4.79 Å². The van der Waals surface area contributed by atoms with E-state index in [1.54, 1.807) is 18.2 Å². The summed E-state index contributed by atoms with van der Waals surface area (Å²) in [6.07, 6.45) is 3.83. The molecule has 6 nitrogen and oxygen atoms in total. The van der Waals surface area contributed by atoms with E-state index in [0.717, 1.165) is 19.4 Å². The Morgan fingerprint density at radius 1 is 1.23 bits per heavy atom. The monoisotopic (exact) mass is 298 g/mol. The summed E-state index contributed by atoms with van der Waals surface area (Å²) in [6, 6.07) is 10.7. The van der Waals surface area contributed by atoms with E-state index in [0.29, 0.717) is 23.7 Å². The summed E-state index contributed by atoms with van der Waals surface area (Å²) in [5.74, 6) is 0.955. The van der Waals surface area contributed by atoms with Crippen LogP contribution in [0.2, 0.25) is 0 Å². The number of amides is 1. The zero-order valence-corrected chi connectivity index (χ0v) is 12.2. The molecule has 1 amide bonds. The lowest BCUT2D eigenvalue weighted by Gasteiger charge is -2.11. The van der Waals surface area contributed by atoms with Gasteiger partial charge in [-0.2, -0.15) is 0 Å². The van der Waals surface area contributed by atoms with E-state index in [4.69, 9.17) is 4.74 Å². The highest BCUT2D eigenvalue weighted by molar-refractivity contribution is 6.03. The van der Waals surface area contributed by atoms with Crippen molar-refractivity contribution in [3.63, 3.8) is 0 Å². The van der Waals surface area contributed by atoms with Crippen LogP contribution in [0, 0.1) is 0 Å². The maximum Gasteiger partial charge on any atom is 0.256 e. The van der Waals surface area contributed by atoms with Crippen LogP contribution in [0.1, 0.15) is 23.2 Å². The summed E-state index contributed by atoms with van der Waals surface area (Å²) in [4.78, 5) is 20.3. The molecule has 1 saturated heterocycles. The number of anilines is 2. The normalized spacial score (nSPS) is 17.2. The van der Waals surface area contributed by atoms with Gasteiger partial charge in [0.1, 0.15) is 18.0 Å². The van der Waals surface area contributed by atoms with Crippen LogP contribution in [0.3, 0.4) is 0 Å². The Balaban J connectivity index is 1.59. The quantitative estimate of drug-likeness (QED) is 0.886. The van der Waals surface area contributed by atoms with Crippen LogP contribution in [0.4, 0.5) is 11.6 Å². The van der Waals surface area contributed by atoms with Crippen LogP contribution in [0.15, 0.2) is 42.7 Å². The van der Waals surface area contributed by atoms with Gasteiger partial charge < -0.3 is 15.4 Å². The van der Waals surface area contributed by atoms with Gasteiger partial charge in [-0.15, -0.1) is 0 Å². The minimum Gasteiger partial charge on any atom is -0.376 e. The second-order valence-corrected chi connectivity index (χ2v) is 5.12. The lowest BCUT2D eigenvalue weighted by molar-refractivity contribution is 0.102. The number of hydrogen-bond donors (Lipinski definition) is 2. The van der Waals surface area contributed by atoms with Gasteiger partial charge in [0, 0.05) is 24.8 Å². The van der Waals surface area contributed by atoms with E-state index in [9.17, 15) is 4.79 Å². The van der Waals surface area contributed by atoms with Crippen molar-refractivity contribution in [2.45, 2.75) is 18.9 Å². The number of rotatable bonds is 5. The molecule has 2 heterocycles. The van der Waals surface area contributed by atoms with Gasteiger partial charge in [0.15, 0.2) is 0 Å². The third kappa shape index (κ3) is 3.79. The number of carbonyl (C=O) groups excluding carboxylic acids is 1. The summed E-state index contributed by atoms with van der Waals surface area (Å²) >= 11 is 0. The van der Waals surface area contributed by atoms with Crippen molar-refractivity contribution in [2.75, 3.05) is 23.8 Å². The number of ether oxygens (including phenoxy) is 1. The number of nitrogens with zero attached hydrogens (tertiary/aromatic N) is 2. The third-order valence-electron chi connectivity index (χ3n) is 3.48. The molecule has 1 aliphatic rings.